The highest BCUT2D eigenvalue weighted by Crippen LogP contribution is 2.37. The molecule has 1 aliphatic rings. The summed E-state index contributed by atoms with van der Waals surface area (Å²) in [7, 11) is 2.04. The molecule has 1 aromatic rings. The van der Waals surface area contributed by atoms with Crippen LogP contribution in [0.2, 0.25) is 0 Å². The number of nitrogens with zero attached hydrogens (tertiary/aromatic N) is 1. The molecule has 2 unspecified atom stereocenters. The second kappa shape index (κ2) is 5.69. The van der Waals surface area contributed by atoms with Crippen molar-refractivity contribution in [3.05, 3.63) is 23.7 Å². The Hall–Kier alpha value is -0.800. The van der Waals surface area contributed by atoms with Crippen molar-refractivity contribution in [1.29, 1.82) is 0 Å². The highest BCUT2D eigenvalue weighted by Gasteiger charge is 2.34. The van der Waals surface area contributed by atoms with E-state index in [1.807, 2.05) is 13.3 Å². The summed E-state index contributed by atoms with van der Waals surface area (Å²) in [5.41, 5.74) is 1.29. The van der Waals surface area contributed by atoms with Crippen LogP contribution in [0.25, 0.3) is 0 Å². The van der Waals surface area contributed by atoms with Crippen LogP contribution < -0.4 is 5.32 Å². The zero-order valence-electron chi connectivity index (χ0n) is 11.2. The van der Waals surface area contributed by atoms with Gasteiger partial charge in [0.2, 0.25) is 0 Å². The van der Waals surface area contributed by atoms with E-state index in [1.165, 1.54) is 30.7 Å². The van der Waals surface area contributed by atoms with Crippen LogP contribution in [0.3, 0.4) is 0 Å². The van der Waals surface area contributed by atoms with Crippen molar-refractivity contribution >= 4 is 0 Å². The van der Waals surface area contributed by atoms with E-state index in [4.69, 9.17) is 4.42 Å². The van der Waals surface area contributed by atoms with Crippen molar-refractivity contribution in [3.8, 4) is 0 Å². The molecule has 3 nitrogen and oxygen atoms in total. The molecule has 0 aromatic carbocycles. The number of likely N-dealkylation sites (tertiary alicyclic amines) is 1. The molecule has 1 aromatic heterocycles. The summed E-state index contributed by atoms with van der Waals surface area (Å²) in [6.45, 7) is 7.76. The molecule has 1 aliphatic heterocycles. The minimum absolute atomic E-state index is 0.455. The second-order valence-electron chi connectivity index (χ2n) is 5.00. The van der Waals surface area contributed by atoms with E-state index < -0.39 is 0 Å². The van der Waals surface area contributed by atoms with Crippen molar-refractivity contribution in [2.24, 2.45) is 5.92 Å². The fraction of sp³-hybridized carbons (Fsp3) is 0.714. The van der Waals surface area contributed by atoms with E-state index in [1.54, 1.807) is 0 Å². The van der Waals surface area contributed by atoms with Crippen molar-refractivity contribution in [2.45, 2.75) is 32.7 Å². The monoisotopic (exact) mass is 236 g/mol. The molecule has 3 heteroatoms. The molecule has 2 atom stereocenters. The maximum Gasteiger partial charge on any atom is 0.124 e. The first-order valence-electron chi connectivity index (χ1n) is 6.70. The predicted octanol–water partition coefficient (Wildman–Crippen LogP) is 2.58. The van der Waals surface area contributed by atoms with Crippen LogP contribution in [0.15, 0.2) is 16.7 Å². The van der Waals surface area contributed by atoms with E-state index in [2.05, 4.69) is 30.1 Å². The number of rotatable bonds is 4. The highest BCUT2D eigenvalue weighted by molar-refractivity contribution is 5.20. The molecule has 2 rings (SSSR count). The van der Waals surface area contributed by atoms with Gasteiger partial charge in [0.25, 0.3) is 0 Å². The van der Waals surface area contributed by atoms with Gasteiger partial charge < -0.3 is 9.73 Å². The van der Waals surface area contributed by atoms with Gasteiger partial charge in [-0.3, -0.25) is 4.90 Å². The van der Waals surface area contributed by atoms with Gasteiger partial charge in [-0.05, 0) is 64.0 Å². The van der Waals surface area contributed by atoms with Crippen molar-refractivity contribution < 1.29 is 4.42 Å². The maximum absolute atomic E-state index is 5.74. The summed E-state index contributed by atoms with van der Waals surface area (Å²) in [4.78, 5) is 2.55. The van der Waals surface area contributed by atoms with E-state index in [0.29, 0.717) is 12.0 Å². The van der Waals surface area contributed by atoms with Crippen LogP contribution in [0.1, 0.15) is 37.1 Å². The molecular weight excluding hydrogens is 212 g/mol. The fourth-order valence-corrected chi connectivity index (χ4v) is 3.05. The number of nitrogens with one attached hydrogen (secondary N) is 1. The SMILES string of the molecule is CCN1CCCC(CNC)C1c1occc1C. The molecule has 0 spiro atoms. The van der Waals surface area contributed by atoms with Gasteiger partial charge in [-0.25, -0.2) is 0 Å². The molecule has 0 radical (unpaired) electrons. The smallest absolute Gasteiger partial charge is 0.124 e. The Kier molecular flexibility index (Phi) is 4.24. The normalized spacial score (nSPS) is 26.3. The third-order valence-electron chi connectivity index (χ3n) is 3.90. The number of furan rings is 1. The molecule has 1 fully saturated rings. The number of piperidine rings is 1. The number of hydrogen-bond acceptors (Lipinski definition) is 3. The largest absolute Gasteiger partial charge is 0.467 e. The fourth-order valence-electron chi connectivity index (χ4n) is 3.05. The van der Waals surface area contributed by atoms with Crippen LogP contribution in [-0.2, 0) is 0 Å². The Morgan fingerprint density at radius 2 is 2.35 bits per heavy atom. The minimum Gasteiger partial charge on any atom is -0.467 e. The quantitative estimate of drug-likeness (QED) is 0.871. The van der Waals surface area contributed by atoms with Crippen molar-refractivity contribution in [3.63, 3.8) is 0 Å². The molecule has 0 amide bonds. The molecule has 0 saturated carbocycles. The Labute approximate surface area is 104 Å². The van der Waals surface area contributed by atoms with Gasteiger partial charge in [-0.2, -0.15) is 0 Å². The van der Waals surface area contributed by atoms with Crippen molar-refractivity contribution in [2.75, 3.05) is 26.7 Å². The first-order valence-corrected chi connectivity index (χ1v) is 6.70. The topological polar surface area (TPSA) is 28.4 Å². The number of aryl methyl sites for hydroxylation is 1. The summed E-state index contributed by atoms with van der Waals surface area (Å²) < 4.78 is 5.74. The molecule has 0 bridgehead atoms. The Balaban J connectivity index is 2.25. The first kappa shape index (κ1) is 12.7. The summed E-state index contributed by atoms with van der Waals surface area (Å²) in [6, 6.07) is 2.53. The molecular formula is C14H24N2O. The van der Waals surface area contributed by atoms with Crippen LogP contribution in [0.5, 0.6) is 0 Å². The summed E-state index contributed by atoms with van der Waals surface area (Å²) in [6.07, 6.45) is 4.42. The van der Waals surface area contributed by atoms with Gasteiger partial charge in [-0.15, -0.1) is 0 Å². The predicted molar refractivity (Wildman–Crippen MR) is 70.1 cm³/mol. The second-order valence-corrected chi connectivity index (χ2v) is 5.00. The lowest BCUT2D eigenvalue weighted by Gasteiger charge is -2.40. The zero-order valence-corrected chi connectivity index (χ0v) is 11.2. The van der Waals surface area contributed by atoms with E-state index in [9.17, 15) is 0 Å². The summed E-state index contributed by atoms with van der Waals surface area (Å²) >= 11 is 0. The summed E-state index contributed by atoms with van der Waals surface area (Å²) in [5, 5.41) is 3.33. The van der Waals surface area contributed by atoms with E-state index in [-0.39, 0.29) is 0 Å². The number of hydrogen-bond donors (Lipinski definition) is 1. The van der Waals surface area contributed by atoms with Gasteiger partial charge in [0.15, 0.2) is 0 Å². The van der Waals surface area contributed by atoms with Crippen LogP contribution in [0, 0.1) is 12.8 Å². The van der Waals surface area contributed by atoms with Gasteiger partial charge in [0, 0.05) is 0 Å². The van der Waals surface area contributed by atoms with E-state index in [0.717, 1.165) is 13.1 Å². The average molecular weight is 236 g/mol. The standard InChI is InChI=1S/C14H24N2O/c1-4-16-8-5-6-12(10-15-3)13(16)14-11(2)7-9-17-14/h7,9,12-13,15H,4-6,8,10H2,1-3H3. The van der Waals surface area contributed by atoms with Crippen LogP contribution >= 0.6 is 0 Å². The third kappa shape index (κ3) is 2.55. The van der Waals surface area contributed by atoms with Gasteiger partial charge in [0.05, 0.1) is 12.3 Å². The van der Waals surface area contributed by atoms with Crippen molar-refractivity contribution in [1.82, 2.24) is 10.2 Å². The molecule has 96 valence electrons. The third-order valence-corrected chi connectivity index (χ3v) is 3.90. The Morgan fingerprint density at radius 1 is 1.53 bits per heavy atom. The minimum atomic E-state index is 0.455. The molecule has 17 heavy (non-hydrogen) atoms. The average Bonchev–Trinajstić information content (AvgIpc) is 2.75. The Bertz CT molecular complexity index is 346. The van der Waals surface area contributed by atoms with Crippen LogP contribution in [-0.4, -0.2) is 31.6 Å². The molecule has 1 saturated heterocycles. The molecule has 0 aliphatic carbocycles. The highest BCUT2D eigenvalue weighted by atomic mass is 16.3. The maximum atomic E-state index is 5.74. The van der Waals surface area contributed by atoms with Gasteiger partial charge in [-0.1, -0.05) is 6.92 Å². The first-order chi connectivity index (χ1) is 8.27. The summed E-state index contributed by atoms with van der Waals surface area (Å²) in [5.74, 6) is 1.84. The Morgan fingerprint density at radius 3 is 2.94 bits per heavy atom. The van der Waals surface area contributed by atoms with Gasteiger partial charge in [0.1, 0.15) is 5.76 Å². The molecule has 2 heterocycles. The lowest BCUT2D eigenvalue weighted by molar-refractivity contribution is 0.0810. The van der Waals surface area contributed by atoms with E-state index >= 15 is 0 Å². The lowest BCUT2D eigenvalue weighted by atomic mass is 9.86. The van der Waals surface area contributed by atoms with Crippen LogP contribution in [0.4, 0.5) is 0 Å². The van der Waals surface area contributed by atoms with Gasteiger partial charge >= 0.3 is 0 Å². The molecule has 1 N–H and O–H groups in total. The lowest BCUT2D eigenvalue weighted by Crippen LogP contribution is -2.42. The zero-order chi connectivity index (χ0) is 12.3.